The fourth-order valence-corrected chi connectivity index (χ4v) is 2.70. The highest BCUT2D eigenvalue weighted by molar-refractivity contribution is 6.29. The van der Waals surface area contributed by atoms with Crippen molar-refractivity contribution in [3.05, 3.63) is 65.5 Å². The maximum Gasteiger partial charge on any atom is 0.265 e. The Morgan fingerprint density at radius 3 is 2.58 bits per heavy atom. The first-order valence-electron chi connectivity index (χ1n) is 7.47. The zero-order valence-electron chi connectivity index (χ0n) is 12.7. The van der Waals surface area contributed by atoms with Gasteiger partial charge in [0.15, 0.2) is 0 Å². The minimum absolute atomic E-state index is 0.0810. The molecule has 1 aliphatic heterocycles. The number of aliphatic hydroxyl groups is 1. The van der Waals surface area contributed by atoms with Gasteiger partial charge in [-0.15, -0.1) is 0 Å². The van der Waals surface area contributed by atoms with Crippen LogP contribution >= 0.6 is 0 Å². The number of fused-ring (bicyclic) bond motifs is 1. The van der Waals surface area contributed by atoms with Crippen molar-refractivity contribution in [1.82, 2.24) is 0 Å². The summed E-state index contributed by atoms with van der Waals surface area (Å²) in [5.41, 5.74) is 0.783. The highest BCUT2D eigenvalue weighted by Gasteiger charge is 2.39. The van der Waals surface area contributed by atoms with Crippen molar-refractivity contribution in [3.8, 4) is 0 Å². The molecule has 2 aromatic rings. The lowest BCUT2D eigenvalue weighted by atomic mass is 9.89. The Morgan fingerprint density at radius 1 is 1.12 bits per heavy atom. The number of amides is 2. The third-order valence-corrected chi connectivity index (χ3v) is 3.79. The monoisotopic (exact) mass is 326 g/mol. The molecule has 1 heterocycles. The van der Waals surface area contributed by atoms with Crippen LogP contribution in [0.1, 0.15) is 21.8 Å². The van der Waals surface area contributed by atoms with Crippen molar-refractivity contribution in [1.29, 1.82) is 0 Å². The SMILES string of the molecule is O=C1c2ccccc2[C@H](C=NCCO)C(=O)N1c1ccccc1F. The highest BCUT2D eigenvalue weighted by atomic mass is 19.1. The lowest BCUT2D eigenvalue weighted by Crippen LogP contribution is -2.46. The Labute approximate surface area is 138 Å². The van der Waals surface area contributed by atoms with Crippen LogP contribution in [-0.4, -0.2) is 36.3 Å². The number of imide groups is 1. The van der Waals surface area contributed by atoms with E-state index in [1.807, 2.05) is 0 Å². The third-order valence-electron chi connectivity index (χ3n) is 3.79. The fourth-order valence-electron chi connectivity index (χ4n) is 2.70. The summed E-state index contributed by atoms with van der Waals surface area (Å²) < 4.78 is 14.1. The van der Waals surface area contributed by atoms with Crippen molar-refractivity contribution in [2.24, 2.45) is 4.99 Å². The number of halogens is 1. The number of carbonyl (C=O) groups is 2. The Kier molecular flexibility index (Phi) is 4.48. The molecule has 3 rings (SSSR count). The van der Waals surface area contributed by atoms with Crippen LogP contribution in [0.4, 0.5) is 10.1 Å². The van der Waals surface area contributed by atoms with Crippen molar-refractivity contribution in [2.75, 3.05) is 18.1 Å². The predicted molar refractivity (Wildman–Crippen MR) is 87.8 cm³/mol. The van der Waals surface area contributed by atoms with Crippen LogP contribution in [-0.2, 0) is 4.79 Å². The zero-order chi connectivity index (χ0) is 17.1. The van der Waals surface area contributed by atoms with Gasteiger partial charge in [0.25, 0.3) is 5.91 Å². The summed E-state index contributed by atoms with van der Waals surface area (Å²) in [6, 6.07) is 12.3. The van der Waals surface area contributed by atoms with Gasteiger partial charge in [-0.3, -0.25) is 14.6 Å². The number of hydrogen-bond donors (Lipinski definition) is 1. The number of aliphatic imine (C=N–C) groups is 1. The molecule has 0 saturated carbocycles. The van der Waals surface area contributed by atoms with E-state index in [2.05, 4.69) is 4.99 Å². The topological polar surface area (TPSA) is 70.0 Å². The molecule has 5 nitrogen and oxygen atoms in total. The zero-order valence-corrected chi connectivity index (χ0v) is 12.7. The van der Waals surface area contributed by atoms with Crippen LogP contribution in [0.2, 0.25) is 0 Å². The summed E-state index contributed by atoms with van der Waals surface area (Å²) in [5.74, 6) is -2.58. The Balaban J connectivity index is 2.12. The van der Waals surface area contributed by atoms with Crippen LogP contribution in [0.25, 0.3) is 0 Å². The summed E-state index contributed by atoms with van der Waals surface area (Å²) in [4.78, 5) is 30.4. The molecule has 1 N–H and O–H groups in total. The molecular formula is C18H15FN2O3. The number of para-hydroxylation sites is 1. The van der Waals surface area contributed by atoms with Gasteiger partial charge in [-0.25, -0.2) is 9.29 Å². The van der Waals surface area contributed by atoms with Crippen molar-refractivity contribution in [3.63, 3.8) is 0 Å². The van der Waals surface area contributed by atoms with E-state index in [0.29, 0.717) is 11.1 Å². The summed E-state index contributed by atoms with van der Waals surface area (Å²) in [6.45, 7) is 0.00854. The first-order valence-corrected chi connectivity index (χ1v) is 7.47. The van der Waals surface area contributed by atoms with Gasteiger partial charge in [0.1, 0.15) is 5.82 Å². The molecule has 0 aromatic heterocycles. The second-order valence-corrected chi connectivity index (χ2v) is 5.27. The Hall–Kier alpha value is -2.86. The number of anilines is 1. The molecule has 2 amide bonds. The molecule has 0 aliphatic carbocycles. The smallest absolute Gasteiger partial charge is 0.265 e. The number of benzene rings is 2. The maximum atomic E-state index is 14.1. The van der Waals surface area contributed by atoms with E-state index in [1.165, 1.54) is 24.4 Å². The van der Waals surface area contributed by atoms with Gasteiger partial charge in [-0.05, 0) is 23.8 Å². The van der Waals surface area contributed by atoms with Crippen LogP contribution in [0.5, 0.6) is 0 Å². The summed E-state index contributed by atoms with van der Waals surface area (Å²) >= 11 is 0. The lowest BCUT2D eigenvalue weighted by Gasteiger charge is -2.31. The van der Waals surface area contributed by atoms with Crippen molar-refractivity contribution >= 4 is 23.7 Å². The van der Waals surface area contributed by atoms with Crippen LogP contribution < -0.4 is 4.90 Å². The number of aliphatic hydroxyl groups excluding tert-OH is 1. The van der Waals surface area contributed by atoms with E-state index < -0.39 is 23.5 Å². The second kappa shape index (κ2) is 6.72. The van der Waals surface area contributed by atoms with Gasteiger partial charge >= 0.3 is 0 Å². The van der Waals surface area contributed by atoms with E-state index in [0.717, 1.165) is 4.90 Å². The van der Waals surface area contributed by atoms with Gasteiger partial charge in [0.05, 0.1) is 24.8 Å². The van der Waals surface area contributed by atoms with Gasteiger partial charge in [-0.1, -0.05) is 30.3 Å². The van der Waals surface area contributed by atoms with Gasteiger partial charge in [0.2, 0.25) is 5.91 Å². The molecule has 0 radical (unpaired) electrons. The second-order valence-electron chi connectivity index (χ2n) is 5.27. The normalized spacial score (nSPS) is 17.4. The van der Waals surface area contributed by atoms with Gasteiger partial charge in [-0.2, -0.15) is 0 Å². The van der Waals surface area contributed by atoms with E-state index in [4.69, 9.17) is 5.11 Å². The number of hydrogen-bond acceptors (Lipinski definition) is 4. The average Bonchev–Trinajstić information content (AvgIpc) is 2.60. The van der Waals surface area contributed by atoms with Gasteiger partial charge < -0.3 is 5.11 Å². The quantitative estimate of drug-likeness (QED) is 0.691. The molecule has 2 aromatic carbocycles. The molecule has 0 saturated heterocycles. The molecular weight excluding hydrogens is 311 g/mol. The molecule has 0 spiro atoms. The third kappa shape index (κ3) is 2.72. The van der Waals surface area contributed by atoms with E-state index in [-0.39, 0.29) is 18.8 Å². The molecule has 24 heavy (non-hydrogen) atoms. The molecule has 0 bridgehead atoms. The predicted octanol–water partition coefficient (Wildman–Crippen LogP) is 2.16. The van der Waals surface area contributed by atoms with E-state index in [1.54, 1.807) is 30.3 Å². The summed E-state index contributed by atoms with van der Waals surface area (Å²) in [6.07, 6.45) is 1.40. The molecule has 1 aliphatic rings. The first kappa shape index (κ1) is 16.0. The largest absolute Gasteiger partial charge is 0.394 e. The number of carbonyl (C=O) groups excluding carboxylic acids is 2. The number of rotatable bonds is 4. The first-order chi connectivity index (χ1) is 11.6. The molecule has 0 fully saturated rings. The van der Waals surface area contributed by atoms with Crippen LogP contribution in [0, 0.1) is 5.82 Å². The number of nitrogens with zero attached hydrogens (tertiary/aromatic N) is 2. The Bertz CT molecular complexity index is 819. The van der Waals surface area contributed by atoms with Gasteiger partial charge in [0, 0.05) is 11.8 Å². The average molecular weight is 326 g/mol. The minimum Gasteiger partial charge on any atom is -0.394 e. The Morgan fingerprint density at radius 2 is 1.83 bits per heavy atom. The summed E-state index contributed by atoms with van der Waals surface area (Å²) in [7, 11) is 0. The summed E-state index contributed by atoms with van der Waals surface area (Å²) in [5, 5.41) is 8.85. The highest BCUT2D eigenvalue weighted by Crippen LogP contribution is 2.32. The van der Waals surface area contributed by atoms with E-state index >= 15 is 0 Å². The fraction of sp³-hybridized carbons (Fsp3) is 0.167. The van der Waals surface area contributed by atoms with Crippen LogP contribution in [0.15, 0.2) is 53.5 Å². The van der Waals surface area contributed by atoms with Crippen molar-refractivity contribution < 1.29 is 19.1 Å². The lowest BCUT2D eigenvalue weighted by molar-refractivity contribution is -0.118. The minimum atomic E-state index is -0.801. The standard InChI is InChI=1S/C18H15FN2O3/c19-15-7-3-4-8-16(15)21-17(23)13-6-2-1-5-12(13)14(18(21)24)11-20-9-10-22/h1-8,11,14,22H,9-10H2/t14-/m0/s1. The van der Waals surface area contributed by atoms with Crippen LogP contribution in [0.3, 0.4) is 0 Å². The van der Waals surface area contributed by atoms with Crippen molar-refractivity contribution in [2.45, 2.75) is 5.92 Å². The molecule has 122 valence electrons. The van der Waals surface area contributed by atoms with E-state index in [9.17, 15) is 14.0 Å². The molecule has 1 atom stereocenters. The molecule has 6 heteroatoms. The molecule has 0 unspecified atom stereocenters. The maximum absolute atomic E-state index is 14.1.